The first-order valence-electron chi connectivity index (χ1n) is 13.4. The molecule has 0 aromatic heterocycles. The molecule has 0 radical (unpaired) electrons. The zero-order valence-corrected chi connectivity index (χ0v) is 21.6. The van der Waals surface area contributed by atoms with Crippen LogP contribution in [0.1, 0.15) is 43.2 Å². The number of fused-ring (bicyclic) bond motifs is 3. The standard InChI is InChI=1S/C31H35N3O4/c35-22-24-9-12-26(13-10-24)32-29(36)8-4-5-23-11-14-27(25-6-2-1-3-7-25)28(21-23)34(30(37)38)31-15-18-33(19-16-31)20-17-31/h1-3,6-7,9-14,21,35H,4-5,8,15-20,22H2,(H,32,36)(H,37,38). The molecule has 3 aromatic carbocycles. The third-order valence-corrected chi connectivity index (χ3v) is 8.02. The van der Waals surface area contributed by atoms with Crippen molar-refractivity contribution in [3.63, 3.8) is 0 Å². The lowest BCUT2D eigenvalue weighted by molar-refractivity contribution is -0.116. The van der Waals surface area contributed by atoms with Crippen molar-refractivity contribution >= 4 is 23.4 Å². The van der Waals surface area contributed by atoms with Gasteiger partial charge in [-0.3, -0.25) is 9.69 Å². The zero-order valence-electron chi connectivity index (χ0n) is 21.6. The number of hydrogen-bond donors (Lipinski definition) is 3. The molecule has 0 aliphatic carbocycles. The Morgan fingerprint density at radius 3 is 2.18 bits per heavy atom. The molecule has 3 N–H and O–H groups in total. The summed E-state index contributed by atoms with van der Waals surface area (Å²) in [5.41, 5.74) is 4.80. The number of carbonyl (C=O) groups is 2. The topological polar surface area (TPSA) is 93.1 Å². The van der Waals surface area contributed by atoms with E-state index in [2.05, 4.69) is 16.3 Å². The minimum atomic E-state index is -0.902. The van der Waals surface area contributed by atoms with E-state index in [1.807, 2.05) is 42.5 Å². The predicted molar refractivity (Wildman–Crippen MR) is 149 cm³/mol. The summed E-state index contributed by atoms with van der Waals surface area (Å²) in [5.74, 6) is -0.0668. The monoisotopic (exact) mass is 513 g/mol. The van der Waals surface area contributed by atoms with Gasteiger partial charge in [-0.25, -0.2) is 4.79 Å². The van der Waals surface area contributed by atoms with Gasteiger partial charge in [0.25, 0.3) is 0 Å². The highest BCUT2D eigenvalue weighted by Gasteiger charge is 2.47. The van der Waals surface area contributed by atoms with Crippen molar-refractivity contribution in [1.82, 2.24) is 4.90 Å². The number of aliphatic hydroxyl groups is 1. The van der Waals surface area contributed by atoms with Gasteiger partial charge in [0, 0.05) is 37.3 Å². The van der Waals surface area contributed by atoms with Crippen molar-refractivity contribution in [2.24, 2.45) is 0 Å². The average Bonchev–Trinajstić information content (AvgIpc) is 2.95. The van der Waals surface area contributed by atoms with Crippen LogP contribution >= 0.6 is 0 Å². The highest BCUT2D eigenvalue weighted by Crippen LogP contribution is 2.43. The minimum Gasteiger partial charge on any atom is -0.465 e. The molecule has 3 aromatic rings. The Kier molecular flexibility index (Phi) is 7.77. The fourth-order valence-corrected chi connectivity index (χ4v) is 5.86. The summed E-state index contributed by atoms with van der Waals surface area (Å²) in [5, 5.41) is 22.6. The largest absolute Gasteiger partial charge is 0.465 e. The van der Waals surface area contributed by atoms with Crippen molar-refractivity contribution in [2.45, 2.75) is 50.7 Å². The lowest BCUT2D eigenvalue weighted by atomic mass is 9.78. The van der Waals surface area contributed by atoms with Crippen LogP contribution in [0.3, 0.4) is 0 Å². The summed E-state index contributed by atoms with van der Waals surface area (Å²) in [7, 11) is 0. The van der Waals surface area contributed by atoms with Crippen LogP contribution in [0.2, 0.25) is 0 Å². The highest BCUT2D eigenvalue weighted by molar-refractivity contribution is 5.95. The van der Waals surface area contributed by atoms with E-state index in [1.54, 1.807) is 29.2 Å². The molecule has 0 atom stereocenters. The van der Waals surface area contributed by atoms with Crippen LogP contribution < -0.4 is 10.2 Å². The van der Waals surface area contributed by atoms with Gasteiger partial charge in [-0.15, -0.1) is 0 Å². The lowest BCUT2D eigenvalue weighted by Gasteiger charge is -2.53. The molecule has 3 fully saturated rings. The molecule has 0 unspecified atom stereocenters. The van der Waals surface area contributed by atoms with Gasteiger partial charge in [0.2, 0.25) is 5.91 Å². The van der Waals surface area contributed by atoms with Crippen LogP contribution in [0.5, 0.6) is 0 Å². The number of carboxylic acid groups (broad SMARTS) is 1. The molecule has 38 heavy (non-hydrogen) atoms. The highest BCUT2D eigenvalue weighted by atomic mass is 16.4. The maximum atomic E-state index is 12.8. The summed E-state index contributed by atoms with van der Waals surface area (Å²) in [4.78, 5) is 29.4. The summed E-state index contributed by atoms with van der Waals surface area (Å²) >= 11 is 0. The Balaban J connectivity index is 1.35. The number of hydrogen-bond acceptors (Lipinski definition) is 4. The average molecular weight is 514 g/mol. The molecule has 3 aliphatic rings. The molecule has 198 valence electrons. The van der Waals surface area contributed by atoms with E-state index in [4.69, 9.17) is 0 Å². The second-order valence-corrected chi connectivity index (χ2v) is 10.4. The van der Waals surface area contributed by atoms with Gasteiger partial charge in [-0.05, 0) is 67.0 Å². The first-order valence-corrected chi connectivity index (χ1v) is 13.4. The van der Waals surface area contributed by atoms with E-state index in [9.17, 15) is 19.8 Å². The Morgan fingerprint density at radius 1 is 0.895 bits per heavy atom. The van der Waals surface area contributed by atoms with E-state index >= 15 is 0 Å². The number of piperidine rings is 3. The zero-order chi connectivity index (χ0) is 26.5. The van der Waals surface area contributed by atoms with E-state index in [0.29, 0.717) is 24.9 Å². The Morgan fingerprint density at radius 2 is 1.55 bits per heavy atom. The SMILES string of the molecule is O=C(CCCc1ccc(-c2ccccc2)c(N(C(=O)O)C23CCN(CC2)CC3)c1)Nc1ccc(CO)cc1. The van der Waals surface area contributed by atoms with Gasteiger partial charge >= 0.3 is 6.09 Å². The summed E-state index contributed by atoms with van der Waals surface area (Å²) in [6.07, 6.45) is 3.32. The van der Waals surface area contributed by atoms with E-state index in [-0.39, 0.29) is 18.1 Å². The second kappa shape index (κ2) is 11.4. The second-order valence-electron chi connectivity index (χ2n) is 10.4. The fraction of sp³-hybridized carbons (Fsp3) is 0.355. The maximum Gasteiger partial charge on any atom is 0.412 e. The maximum absolute atomic E-state index is 12.8. The molecule has 3 heterocycles. The van der Waals surface area contributed by atoms with Gasteiger partial charge in [0.1, 0.15) is 0 Å². The first-order chi connectivity index (χ1) is 18.5. The fourth-order valence-electron chi connectivity index (χ4n) is 5.86. The van der Waals surface area contributed by atoms with Gasteiger partial charge in [0.15, 0.2) is 0 Å². The van der Waals surface area contributed by atoms with Crippen LogP contribution in [0, 0.1) is 0 Å². The molecular weight excluding hydrogens is 478 g/mol. The quantitative estimate of drug-likeness (QED) is 0.350. The Bertz CT molecular complexity index is 1250. The minimum absolute atomic E-state index is 0.0296. The van der Waals surface area contributed by atoms with Gasteiger partial charge in [-0.2, -0.15) is 0 Å². The molecule has 7 heteroatoms. The third kappa shape index (κ3) is 5.59. The number of anilines is 2. The van der Waals surface area contributed by atoms with Crippen LogP contribution in [0.15, 0.2) is 72.8 Å². The van der Waals surface area contributed by atoms with Gasteiger partial charge < -0.3 is 20.4 Å². The molecular formula is C31H35N3O4. The van der Waals surface area contributed by atoms with Gasteiger partial charge in [0.05, 0.1) is 17.8 Å². The summed E-state index contributed by atoms with van der Waals surface area (Å²) in [6.45, 7) is 2.77. The van der Waals surface area contributed by atoms with Crippen LogP contribution in [-0.2, 0) is 17.8 Å². The van der Waals surface area contributed by atoms with Crippen molar-refractivity contribution in [2.75, 3.05) is 29.9 Å². The Labute approximate surface area is 223 Å². The number of carbonyl (C=O) groups excluding carboxylic acids is 1. The normalized spacial score (nSPS) is 20.2. The summed E-state index contributed by atoms with van der Waals surface area (Å²) in [6, 6.07) is 23.2. The molecule has 7 nitrogen and oxygen atoms in total. The van der Waals surface area contributed by atoms with Crippen molar-refractivity contribution in [3.05, 3.63) is 83.9 Å². The van der Waals surface area contributed by atoms with E-state index in [1.165, 1.54) is 0 Å². The lowest BCUT2D eigenvalue weighted by Crippen LogP contribution is -2.62. The molecule has 6 rings (SSSR count). The summed E-state index contributed by atoms with van der Waals surface area (Å²) < 4.78 is 0. The van der Waals surface area contributed by atoms with Crippen LogP contribution in [0.25, 0.3) is 11.1 Å². The van der Waals surface area contributed by atoms with Crippen LogP contribution in [-0.4, -0.2) is 52.3 Å². The number of rotatable bonds is 9. The molecule has 3 aliphatic heterocycles. The molecule has 2 bridgehead atoms. The first kappa shape index (κ1) is 25.9. The Hall–Kier alpha value is -3.68. The molecule has 3 saturated heterocycles. The third-order valence-electron chi connectivity index (χ3n) is 8.02. The van der Waals surface area contributed by atoms with E-state index in [0.717, 1.165) is 66.8 Å². The number of nitrogens with zero attached hydrogens (tertiary/aromatic N) is 2. The number of amides is 2. The van der Waals surface area contributed by atoms with E-state index < -0.39 is 6.09 Å². The van der Waals surface area contributed by atoms with Crippen LogP contribution in [0.4, 0.5) is 16.2 Å². The van der Waals surface area contributed by atoms with Crippen molar-refractivity contribution in [3.8, 4) is 11.1 Å². The molecule has 0 spiro atoms. The molecule has 2 amide bonds. The number of nitrogens with one attached hydrogen (secondary N) is 1. The smallest absolute Gasteiger partial charge is 0.412 e. The molecule has 0 saturated carbocycles. The number of aryl methyl sites for hydroxylation is 1. The van der Waals surface area contributed by atoms with Gasteiger partial charge in [-0.1, -0.05) is 54.6 Å². The van der Waals surface area contributed by atoms with Crippen molar-refractivity contribution < 1.29 is 19.8 Å². The predicted octanol–water partition coefficient (Wildman–Crippen LogP) is 5.53. The number of benzene rings is 3. The number of aliphatic hydroxyl groups excluding tert-OH is 1. The van der Waals surface area contributed by atoms with Crippen molar-refractivity contribution in [1.29, 1.82) is 0 Å².